The number of hydrogen-bond acceptors (Lipinski definition) is 4. The fraction of sp³-hybridized carbons (Fsp3) is 0.692. The standard InChI is InChI=1S/C13H21N3O3/c17-13(18)4-11-19-12-2-7-15(8-3-12)9-10-16-6-1-5-14-16/h1,5-6,12H,2-4,7-11H2,(H,17,18). The van der Waals surface area contributed by atoms with Crippen molar-refractivity contribution in [2.45, 2.75) is 31.9 Å². The van der Waals surface area contributed by atoms with E-state index in [2.05, 4.69) is 10.00 Å². The van der Waals surface area contributed by atoms with Crippen molar-refractivity contribution in [2.75, 3.05) is 26.2 Å². The quantitative estimate of drug-likeness (QED) is 0.793. The van der Waals surface area contributed by atoms with E-state index in [1.54, 1.807) is 6.20 Å². The van der Waals surface area contributed by atoms with Gasteiger partial charge < -0.3 is 14.7 Å². The summed E-state index contributed by atoms with van der Waals surface area (Å²) in [6.45, 7) is 4.27. The maximum Gasteiger partial charge on any atom is 0.305 e. The summed E-state index contributed by atoms with van der Waals surface area (Å²) in [5.74, 6) is -0.795. The molecule has 1 N–H and O–H groups in total. The zero-order valence-electron chi connectivity index (χ0n) is 11.1. The first kappa shape index (κ1) is 14.0. The Balaban J connectivity index is 1.58. The van der Waals surface area contributed by atoms with Crippen LogP contribution >= 0.6 is 0 Å². The molecule has 0 aliphatic carbocycles. The SMILES string of the molecule is O=C(O)CCOC1CCN(CCn2cccn2)CC1. The van der Waals surface area contributed by atoms with Crippen molar-refractivity contribution in [1.29, 1.82) is 0 Å². The molecule has 1 aromatic rings. The van der Waals surface area contributed by atoms with Crippen LogP contribution in [0.4, 0.5) is 0 Å². The highest BCUT2D eigenvalue weighted by molar-refractivity contribution is 5.66. The number of ether oxygens (including phenoxy) is 1. The Bertz CT molecular complexity index is 372. The molecule has 106 valence electrons. The lowest BCUT2D eigenvalue weighted by atomic mass is 10.1. The van der Waals surface area contributed by atoms with Gasteiger partial charge in [-0.25, -0.2) is 0 Å². The smallest absolute Gasteiger partial charge is 0.305 e. The highest BCUT2D eigenvalue weighted by Crippen LogP contribution is 2.13. The summed E-state index contributed by atoms with van der Waals surface area (Å²) in [6, 6.07) is 1.93. The summed E-state index contributed by atoms with van der Waals surface area (Å²) < 4.78 is 7.51. The van der Waals surface area contributed by atoms with E-state index in [0.717, 1.165) is 39.0 Å². The molecule has 1 aromatic heterocycles. The van der Waals surface area contributed by atoms with Crippen LogP contribution in [0.3, 0.4) is 0 Å². The molecular formula is C13H21N3O3. The van der Waals surface area contributed by atoms with Crippen LogP contribution in [0.5, 0.6) is 0 Å². The zero-order valence-corrected chi connectivity index (χ0v) is 11.1. The number of nitrogens with zero attached hydrogens (tertiary/aromatic N) is 3. The predicted octanol–water partition coefficient (Wildman–Crippen LogP) is 0.839. The van der Waals surface area contributed by atoms with Gasteiger partial charge in [-0.1, -0.05) is 0 Å². The number of carboxylic acids is 1. The van der Waals surface area contributed by atoms with Crippen molar-refractivity contribution in [3.63, 3.8) is 0 Å². The summed E-state index contributed by atoms with van der Waals surface area (Å²) in [5.41, 5.74) is 0. The third kappa shape index (κ3) is 5.00. The van der Waals surface area contributed by atoms with Crippen LogP contribution in [0.15, 0.2) is 18.5 Å². The van der Waals surface area contributed by atoms with Gasteiger partial charge in [0.15, 0.2) is 0 Å². The van der Waals surface area contributed by atoms with Gasteiger partial charge in [-0.15, -0.1) is 0 Å². The number of hydrogen-bond donors (Lipinski definition) is 1. The maximum atomic E-state index is 10.4. The van der Waals surface area contributed by atoms with Crippen molar-refractivity contribution in [3.05, 3.63) is 18.5 Å². The Morgan fingerprint density at radius 1 is 1.37 bits per heavy atom. The van der Waals surface area contributed by atoms with Crippen LogP contribution < -0.4 is 0 Å². The Morgan fingerprint density at radius 3 is 2.79 bits per heavy atom. The van der Waals surface area contributed by atoms with Crippen LogP contribution in [-0.4, -0.2) is 58.1 Å². The van der Waals surface area contributed by atoms with Crippen molar-refractivity contribution in [3.8, 4) is 0 Å². The molecule has 0 atom stereocenters. The van der Waals surface area contributed by atoms with Gasteiger partial charge in [0.1, 0.15) is 0 Å². The van der Waals surface area contributed by atoms with E-state index in [0.29, 0.717) is 6.61 Å². The van der Waals surface area contributed by atoms with Gasteiger partial charge in [0, 0.05) is 32.0 Å². The number of aromatic nitrogens is 2. The highest BCUT2D eigenvalue weighted by atomic mass is 16.5. The highest BCUT2D eigenvalue weighted by Gasteiger charge is 2.19. The van der Waals surface area contributed by atoms with Crippen molar-refractivity contribution in [1.82, 2.24) is 14.7 Å². The molecule has 1 aliphatic heterocycles. The van der Waals surface area contributed by atoms with Gasteiger partial charge in [0.05, 0.1) is 25.7 Å². The van der Waals surface area contributed by atoms with Crippen molar-refractivity contribution in [2.24, 2.45) is 0 Å². The molecule has 0 aromatic carbocycles. The molecule has 6 nitrogen and oxygen atoms in total. The summed E-state index contributed by atoms with van der Waals surface area (Å²) in [7, 11) is 0. The molecule has 2 rings (SSSR count). The molecule has 2 heterocycles. The fourth-order valence-corrected chi connectivity index (χ4v) is 2.29. The van der Waals surface area contributed by atoms with Gasteiger partial charge in [-0.05, 0) is 18.9 Å². The molecule has 0 radical (unpaired) electrons. The monoisotopic (exact) mass is 267 g/mol. The number of likely N-dealkylation sites (tertiary alicyclic amines) is 1. The normalized spacial score (nSPS) is 17.7. The molecule has 0 amide bonds. The minimum absolute atomic E-state index is 0.0967. The number of carbonyl (C=O) groups is 1. The third-order valence-corrected chi connectivity index (χ3v) is 3.41. The molecule has 0 spiro atoms. The first-order chi connectivity index (χ1) is 9.24. The minimum atomic E-state index is -0.795. The lowest BCUT2D eigenvalue weighted by Crippen LogP contribution is -2.38. The van der Waals surface area contributed by atoms with Gasteiger partial charge >= 0.3 is 5.97 Å². The lowest BCUT2D eigenvalue weighted by Gasteiger charge is -2.31. The Morgan fingerprint density at radius 2 is 2.16 bits per heavy atom. The van der Waals surface area contributed by atoms with Crippen LogP contribution in [0.1, 0.15) is 19.3 Å². The van der Waals surface area contributed by atoms with E-state index in [4.69, 9.17) is 9.84 Å². The van der Waals surface area contributed by atoms with E-state index >= 15 is 0 Å². The Kier molecular flexibility index (Phi) is 5.35. The molecule has 0 saturated carbocycles. The lowest BCUT2D eigenvalue weighted by molar-refractivity contribution is -0.138. The zero-order chi connectivity index (χ0) is 13.5. The number of carboxylic acid groups (broad SMARTS) is 1. The average Bonchev–Trinajstić information content (AvgIpc) is 2.90. The topological polar surface area (TPSA) is 67.6 Å². The van der Waals surface area contributed by atoms with E-state index in [9.17, 15) is 4.79 Å². The van der Waals surface area contributed by atoms with Gasteiger partial charge in [0.25, 0.3) is 0 Å². The predicted molar refractivity (Wildman–Crippen MR) is 69.9 cm³/mol. The molecule has 1 aliphatic rings. The average molecular weight is 267 g/mol. The first-order valence-electron chi connectivity index (χ1n) is 6.77. The van der Waals surface area contributed by atoms with Gasteiger partial charge in [-0.2, -0.15) is 5.10 Å². The second-order valence-corrected chi connectivity index (χ2v) is 4.82. The Labute approximate surface area is 113 Å². The molecule has 1 fully saturated rings. The number of rotatable bonds is 7. The van der Waals surface area contributed by atoms with Gasteiger partial charge in [0.2, 0.25) is 0 Å². The van der Waals surface area contributed by atoms with E-state index in [1.807, 2.05) is 16.9 Å². The van der Waals surface area contributed by atoms with Gasteiger partial charge in [-0.3, -0.25) is 9.48 Å². The number of aliphatic carboxylic acids is 1. The van der Waals surface area contributed by atoms with Crippen LogP contribution in [0, 0.1) is 0 Å². The maximum absolute atomic E-state index is 10.4. The second-order valence-electron chi connectivity index (χ2n) is 4.82. The molecule has 0 unspecified atom stereocenters. The Hall–Kier alpha value is -1.40. The molecule has 6 heteroatoms. The summed E-state index contributed by atoms with van der Waals surface area (Å²) in [4.78, 5) is 12.8. The fourth-order valence-electron chi connectivity index (χ4n) is 2.29. The minimum Gasteiger partial charge on any atom is -0.481 e. The van der Waals surface area contributed by atoms with E-state index in [-0.39, 0.29) is 12.5 Å². The van der Waals surface area contributed by atoms with Crippen LogP contribution in [0.2, 0.25) is 0 Å². The van der Waals surface area contributed by atoms with E-state index in [1.165, 1.54) is 0 Å². The van der Waals surface area contributed by atoms with Crippen molar-refractivity contribution < 1.29 is 14.6 Å². The second kappa shape index (κ2) is 7.25. The third-order valence-electron chi connectivity index (χ3n) is 3.41. The summed E-state index contributed by atoms with van der Waals surface area (Å²) in [5, 5.41) is 12.7. The van der Waals surface area contributed by atoms with Crippen LogP contribution in [-0.2, 0) is 16.1 Å². The van der Waals surface area contributed by atoms with Crippen LogP contribution in [0.25, 0.3) is 0 Å². The molecule has 0 bridgehead atoms. The summed E-state index contributed by atoms with van der Waals surface area (Å²) in [6.07, 6.45) is 6.06. The van der Waals surface area contributed by atoms with E-state index < -0.39 is 5.97 Å². The molecule has 1 saturated heterocycles. The number of piperidine rings is 1. The first-order valence-corrected chi connectivity index (χ1v) is 6.77. The summed E-state index contributed by atoms with van der Waals surface area (Å²) >= 11 is 0. The molecule has 19 heavy (non-hydrogen) atoms. The van der Waals surface area contributed by atoms with Crippen molar-refractivity contribution >= 4 is 5.97 Å². The largest absolute Gasteiger partial charge is 0.481 e. The molecular weight excluding hydrogens is 246 g/mol.